The third-order valence-electron chi connectivity index (χ3n) is 1.11. The van der Waals surface area contributed by atoms with E-state index < -0.39 is 0 Å². The van der Waals surface area contributed by atoms with E-state index in [2.05, 4.69) is 47.8 Å². The van der Waals surface area contributed by atoms with Gasteiger partial charge < -0.3 is 0 Å². The van der Waals surface area contributed by atoms with Crippen molar-refractivity contribution >= 4 is 47.8 Å². The van der Waals surface area contributed by atoms with Crippen LogP contribution >= 0.6 is 47.8 Å². The number of hydrogen-bond acceptors (Lipinski definition) is 1. The number of halogens is 3. The van der Waals surface area contributed by atoms with Gasteiger partial charge in [-0.25, -0.2) is 0 Å². The molecule has 0 saturated carbocycles. The second-order valence-corrected chi connectivity index (χ2v) is 4.53. The Morgan fingerprint density at radius 3 is 2.27 bits per heavy atom. The molecule has 0 aliphatic carbocycles. The van der Waals surface area contributed by atoms with Crippen molar-refractivity contribution in [2.24, 2.45) is 0 Å². The van der Waals surface area contributed by atoms with E-state index in [9.17, 15) is 0 Å². The minimum absolute atomic E-state index is 0.820. The van der Waals surface area contributed by atoms with Crippen LogP contribution in [0, 0.1) is 0 Å². The summed E-state index contributed by atoms with van der Waals surface area (Å²) in [4.78, 5) is 0. The van der Waals surface area contributed by atoms with Gasteiger partial charge in [0.05, 0.1) is 0 Å². The summed E-state index contributed by atoms with van der Waals surface area (Å²) in [5.74, 6) is 0.820. The standard InChI is InChI=1S/C6H3Br3O.Ti/c7-3-1-2-4(10)6(9)5(3)8;/h1-2,10H;/q;+1/p-1. The summed E-state index contributed by atoms with van der Waals surface area (Å²) in [7, 11) is 0. The first-order valence-corrected chi connectivity index (χ1v) is 5.65. The van der Waals surface area contributed by atoms with Gasteiger partial charge in [-0.3, -0.25) is 0 Å². The summed E-state index contributed by atoms with van der Waals surface area (Å²) in [6, 6.07) is 3.81. The quantitative estimate of drug-likeness (QED) is 0.534. The maximum absolute atomic E-state index is 5.08. The molecule has 0 spiro atoms. The van der Waals surface area contributed by atoms with Crippen molar-refractivity contribution < 1.29 is 24.1 Å². The van der Waals surface area contributed by atoms with Crippen LogP contribution in [-0.2, 0) is 20.8 Å². The Hall–Kier alpha value is 1.17. The molecule has 1 aromatic rings. The Morgan fingerprint density at radius 2 is 1.73 bits per heavy atom. The van der Waals surface area contributed by atoms with Crippen molar-refractivity contribution in [1.82, 2.24) is 0 Å². The minimum atomic E-state index is 0.820. The molecule has 1 aromatic carbocycles. The van der Waals surface area contributed by atoms with Crippen LogP contribution in [0.1, 0.15) is 0 Å². The van der Waals surface area contributed by atoms with Gasteiger partial charge in [0.25, 0.3) is 0 Å². The molecule has 0 N–H and O–H groups in total. The Balaban J connectivity index is 3.25. The van der Waals surface area contributed by atoms with Gasteiger partial charge in [-0.1, -0.05) is 0 Å². The van der Waals surface area contributed by atoms with Gasteiger partial charge >= 0.3 is 103 Å². The molecule has 0 unspecified atom stereocenters. The predicted octanol–water partition coefficient (Wildman–Crippen LogP) is 3.81. The number of hydrogen-bond donors (Lipinski definition) is 0. The third kappa shape index (κ3) is 2.31. The Bertz CT molecular complexity index is 277. The number of benzene rings is 1. The first-order chi connectivity index (χ1) is 5.16. The van der Waals surface area contributed by atoms with E-state index >= 15 is 0 Å². The second-order valence-electron chi connectivity index (χ2n) is 1.78. The van der Waals surface area contributed by atoms with Crippen LogP contribution in [0.2, 0.25) is 0 Å². The molecule has 0 atom stereocenters. The summed E-state index contributed by atoms with van der Waals surface area (Å²) < 4.78 is 7.98. The normalized spacial score (nSPS) is 9.64. The molecule has 1 rings (SSSR count). The second kappa shape index (κ2) is 4.42. The van der Waals surface area contributed by atoms with E-state index in [1.807, 2.05) is 12.1 Å². The van der Waals surface area contributed by atoms with Crippen molar-refractivity contribution in [3.05, 3.63) is 25.6 Å². The molecule has 0 saturated heterocycles. The summed E-state index contributed by atoms with van der Waals surface area (Å²) in [6.45, 7) is 0. The van der Waals surface area contributed by atoms with Crippen LogP contribution in [0.5, 0.6) is 5.75 Å². The van der Waals surface area contributed by atoms with Crippen molar-refractivity contribution in [3.8, 4) is 5.75 Å². The fraction of sp³-hybridized carbons (Fsp3) is 0. The zero-order chi connectivity index (χ0) is 8.43. The van der Waals surface area contributed by atoms with Crippen molar-refractivity contribution in [1.29, 1.82) is 0 Å². The average molecular weight is 378 g/mol. The predicted molar refractivity (Wildman–Crippen MR) is 50.2 cm³/mol. The van der Waals surface area contributed by atoms with E-state index in [-0.39, 0.29) is 0 Å². The van der Waals surface area contributed by atoms with E-state index in [4.69, 9.17) is 3.32 Å². The molecule has 0 bridgehead atoms. The van der Waals surface area contributed by atoms with Gasteiger partial charge in [-0.05, 0) is 0 Å². The van der Waals surface area contributed by atoms with Crippen LogP contribution in [0.15, 0.2) is 25.6 Å². The van der Waals surface area contributed by atoms with Crippen LogP contribution in [0.3, 0.4) is 0 Å². The topological polar surface area (TPSA) is 9.23 Å². The first-order valence-electron chi connectivity index (χ1n) is 2.64. The van der Waals surface area contributed by atoms with Gasteiger partial charge in [0.15, 0.2) is 0 Å². The van der Waals surface area contributed by atoms with Gasteiger partial charge in [-0.15, -0.1) is 0 Å². The summed E-state index contributed by atoms with van der Waals surface area (Å²) in [6.07, 6.45) is 0. The molecule has 0 radical (unpaired) electrons. The zero-order valence-electron chi connectivity index (χ0n) is 5.20. The monoisotopic (exact) mass is 375 g/mol. The van der Waals surface area contributed by atoms with Crippen LogP contribution in [0.4, 0.5) is 0 Å². The molecule has 57 valence electrons. The van der Waals surface area contributed by atoms with Crippen molar-refractivity contribution in [3.63, 3.8) is 0 Å². The van der Waals surface area contributed by atoms with Crippen molar-refractivity contribution in [2.75, 3.05) is 0 Å². The molecule has 1 nitrogen and oxygen atoms in total. The third-order valence-corrected chi connectivity index (χ3v) is 4.79. The van der Waals surface area contributed by atoms with Gasteiger partial charge in [0.1, 0.15) is 0 Å². The van der Waals surface area contributed by atoms with Crippen LogP contribution < -0.4 is 3.32 Å². The van der Waals surface area contributed by atoms with E-state index in [0.29, 0.717) is 0 Å². The molecule has 5 heteroatoms. The molecule has 0 aliphatic rings. The SMILES string of the molecule is [Ti][O]c1ccc(Br)c(Br)c1Br. The molecule has 0 aliphatic heterocycles. The molecular weight excluding hydrogens is 376 g/mol. The molecule has 0 aromatic heterocycles. The fourth-order valence-electron chi connectivity index (χ4n) is 0.587. The first kappa shape index (κ1) is 10.3. The fourth-order valence-corrected chi connectivity index (χ4v) is 2.44. The van der Waals surface area contributed by atoms with Crippen molar-refractivity contribution in [2.45, 2.75) is 0 Å². The van der Waals surface area contributed by atoms with Gasteiger partial charge in [-0.2, -0.15) is 0 Å². The zero-order valence-corrected chi connectivity index (χ0v) is 11.5. The van der Waals surface area contributed by atoms with Gasteiger partial charge in [0.2, 0.25) is 0 Å². The Kier molecular flexibility index (Phi) is 4.12. The summed E-state index contributed by atoms with van der Waals surface area (Å²) in [5, 5.41) is 0. The maximum atomic E-state index is 5.08. The average Bonchev–Trinajstić information content (AvgIpc) is 2.01. The van der Waals surface area contributed by atoms with Crippen LogP contribution in [-0.4, -0.2) is 0 Å². The van der Waals surface area contributed by atoms with Crippen LogP contribution in [0.25, 0.3) is 0 Å². The summed E-state index contributed by atoms with van der Waals surface area (Å²) >= 11 is 11.8. The molecule has 0 fully saturated rings. The molecular formula is C6H2Br3OTi. The molecule has 0 heterocycles. The Labute approximate surface area is 102 Å². The van der Waals surface area contributed by atoms with E-state index in [0.717, 1.165) is 19.2 Å². The van der Waals surface area contributed by atoms with E-state index in [1.54, 1.807) is 20.8 Å². The molecule has 0 amide bonds. The Morgan fingerprint density at radius 1 is 1.09 bits per heavy atom. The summed E-state index contributed by atoms with van der Waals surface area (Å²) in [5.41, 5.74) is 0. The molecule has 11 heavy (non-hydrogen) atoms. The number of rotatable bonds is 1. The van der Waals surface area contributed by atoms with Gasteiger partial charge in [0, 0.05) is 0 Å². The van der Waals surface area contributed by atoms with E-state index in [1.165, 1.54) is 0 Å².